The monoisotopic (exact) mass is 436 g/mol. The molecule has 31 heavy (non-hydrogen) atoms. The summed E-state index contributed by atoms with van der Waals surface area (Å²) in [5.41, 5.74) is -1.48. The van der Waals surface area contributed by atoms with Gasteiger partial charge in [-0.05, 0) is 44.9 Å². The topological polar surface area (TPSA) is 82.1 Å². The number of aliphatic hydroxyl groups is 1. The molecule has 1 aromatic carbocycles. The van der Waals surface area contributed by atoms with Gasteiger partial charge in [0.15, 0.2) is 5.82 Å². The number of carbonyl (C=O) groups is 1. The van der Waals surface area contributed by atoms with Crippen molar-refractivity contribution in [2.75, 3.05) is 13.1 Å². The van der Waals surface area contributed by atoms with Gasteiger partial charge in [-0.2, -0.15) is 18.3 Å². The summed E-state index contributed by atoms with van der Waals surface area (Å²) in [6.45, 7) is 4.84. The van der Waals surface area contributed by atoms with Crippen LogP contribution in [0.4, 0.5) is 13.2 Å². The van der Waals surface area contributed by atoms with E-state index in [2.05, 4.69) is 10.2 Å². The lowest BCUT2D eigenvalue weighted by Gasteiger charge is -2.42. The Hall–Kier alpha value is -2.42. The summed E-state index contributed by atoms with van der Waals surface area (Å²) in [7, 11) is 0. The molecule has 1 aliphatic heterocycles. The minimum atomic E-state index is -5.01. The molecule has 2 N–H and O–H groups in total. The lowest BCUT2D eigenvalue weighted by Crippen LogP contribution is -2.59. The first-order valence-electron chi connectivity index (χ1n) is 10.5. The number of alkyl halides is 3. The van der Waals surface area contributed by atoms with Crippen molar-refractivity contribution in [3.05, 3.63) is 35.7 Å². The summed E-state index contributed by atoms with van der Waals surface area (Å²) in [6.07, 6.45) is -2.59. The smallest absolute Gasteiger partial charge is 0.373 e. The van der Waals surface area contributed by atoms with Gasteiger partial charge < -0.3 is 10.0 Å². The molecule has 1 saturated heterocycles. The van der Waals surface area contributed by atoms with Crippen molar-refractivity contribution >= 4 is 5.91 Å². The van der Waals surface area contributed by atoms with Crippen molar-refractivity contribution in [1.29, 1.82) is 0 Å². The average Bonchev–Trinajstić information content (AvgIpc) is 3.35. The van der Waals surface area contributed by atoms with E-state index < -0.39 is 17.7 Å². The molecule has 0 bridgehead atoms. The molecule has 0 spiro atoms. The van der Waals surface area contributed by atoms with Crippen LogP contribution in [0.25, 0.3) is 11.4 Å². The molecule has 1 aliphatic carbocycles. The van der Waals surface area contributed by atoms with E-state index in [0.29, 0.717) is 19.2 Å². The number of hydrogen-bond acceptors (Lipinski definition) is 4. The van der Waals surface area contributed by atoms with Gasteiger partial charge in [-0.3, -0.25) is 9.89 Å². The second-order valence-electron chi connectivity index (χ2n) is 9.22. The number of carbonyl (C=O) groups excluding carboxylic acids is 1. The molecule has 168 valence electrons. The van der Waals surface area contributed by atoms with E-state index in [0.717, 1.165) is 34.7 Å². The number of benzene rings is 1. The van der Waals surface area contributed by atoms with Crippen LogP contribution in [0.15, 0.2) is 24.3 Å². The Morgan fingerprint density at radius 1 is 1.26 bits per heavy atom. The third kappa shape index (κ3) is 3.73. The lowest BCUT2D eigenvalue weighted by atomic mass is 9.74. The fourth-order valence-electron chi connectivity index (χ4n) is 4.81. The molecule has 2 aromatic rings. The zero-order chi connectivity index (χ0) is 22.6. The van der Waals surface area contributed by atoms with E-state index in [1.54, 1.807) is 0 Å². The van der Waals surface area contributed by atoms with Crippen LogP contribution in [0.2, 0.25) is 0 Å². The number of aryl methyl sites for hydroxylation is 1. The van der Waals surface area contributed by atoms with Crippen molar-refractivity contribution in [2.45, 2.75) is 57.2 Å². The van der Waals surface area contributed by atoms with Crippen molar-refractivity contribution in [2.24, 2.45) is 11.8 Å². The number of nitrogens with one attached hydrogen (secondary N) is 1. The number of nitrogens with zero attached hydrogens (tertiary/aromatic N) is 3. The highest BCUT2D eigenvalue weighted by molar-refractivity contribution is 5.85. The Balaban J connectivity index is 1.49. The Morgan fingerprint density at radius 3 is 2.45 bits per heavy atom. The first-order valence-corrected chi connectivity index (χ1v) is 10.5. The van der Waals surface area contributed by atoms with Gasteiger partial charge in [0.2, 0.25) is 5.60 Å². The zero-order valence-corrected chi connectivity index (χ0v) is 17.8. The molecule has 2 fully saturated rings. The number of amides is 1. The van der Waals surface area contributed by atoms with Crippen LogP contribution >= 0.6 is 0 Å². The minimum absolute atomic E-state index is 0.0304. The maximum atomic E-state index is 13.1. The lowest BCUT2D eigenvalue weighted by molar-refractivity contribution is -0.251. The Bertz CT molecular complexity index is 964. The molecular formula is C22H27F3N4O2. The number of aromatic nitrogens is 3. The highest BCUT2D eigenvalue weighted by atomic mass is 19.4. The molecule has 1 aromatic heterocycles. The zero-order valence-electron chi connectivity index (χ0n) is 17.8. The van der Waals surface area contributed by atoms with Gasteiger partial charge in [-0.25, -0.2) is 4.98 Å². The fraction of sp³-hybridized carbons (Fsp3) is 0.591. The van der Waals surface area contributed by atoms with Gasteiger partial charge in [0.25, 0.3) is 5.91 Å². The van der Waals surface area contributed by atoms with Gasteiger partial charge in [-0.1, -0.05) is 36.8 Å². The van der Waals surface area contributed by atoms with E-state index in [4.69, 9.17) is 4.98 Å². The Kier molecular flexibility index (Phi) is 5.15. The number of H-pyrrole nitrogens is 1. The second-order valence-corrected chi connectivity index (χ2v) is 9.22. The van der Waals surface area contributed by atoms with Gasteiger partial charge >= 0.3 is 6.18 Å². The van der Waals surface area contributed by atoms with Crippen LogP contribution in [0.1, 0.15) is 44.5 Å². The summed E-state index contributed by atoms with van der Waals surface area (Å²) in [6, 6.07) is 7.95. The van der Waals surface area contributed by atoms with Crippen LogP contribution in [0.3, 0.4) is 0 Å². The number of piperidine rings is 1. The van der Waals surface area contributed by atoms with Crippen LogP contribution < -0.4 is 0 Å². The van der Waals surface area contributed by atoms with Crippen molar-refractivity contribution < 1.29 is 23.1 Å². The molecule has 6 nitrogen and oxygen atoms in total. The van der Waals surface area contributed by atoms with E-state index in [1.165, 1.54) is 0 Å². The maximum absolute atomic E-state index is 13.1. The number of hydrogen-bond donors (Lipinski definition) is 2. The second kappa shape index (κ2) is 7.32. The summed E-state index contributed by atoms with van der Waals surface area (Å²) in [4.78, 5) is 18.3. The van der Waals surface area contributed by atoms with Crippen LogP contribution in [-0.4, -0.2) is 56.0 Å². The Morgan fingerprint density at radius 2 is 1.90 bits per heavy atom. The van der Waals surface area contributed by atoms with Gasteiger partial charge in [0, 0.05) is 24.1 Å². The van der Waals surface area contributed by atoms with Crippen molar-refractivity contribution in [3.8, 4) is 11.4 Å². The molecule has 2 heterocycles. The summed E-state index contributed by atoms with van der Waals surface area (Å²) >= 11 is 0. The van der Waals surface area contributed by atoms with Crippen LogP contribution in [-0.2, 0) is 10.2 Å². The third-order valence-electron chi connectivity index (χ3n) is 6.93. The predicted molar refractivity (Wildman–Crippen MR) is 108 cm³/mol. The predicted octanol–water partition coefficient (Wildman–Crippen LogP) is 3.61. The number of rotatable bonds is 4. The molecule has 1 unspecified atom stereocenters. The molecule has 0 radical (unpaired) electrons. The van der Waals surface area contributed by atoms with E-state index in [1.807, 2.05) is 38.1 Å². The first kappa shape index (κ1) is 21.8. The summed E-state index contributed by atoms with van der Waals surface area (Å²) < 4.78 is 39.2. The average molecular weight is 436 g/mol. The highest BCUT2D eigenvalue weighted by Crippen LogP contribution is 2.57. The largest absolute Gasteiger partial charge is 0.426 e. The third-order valence-corrected chi connectivity index (χ3v) is 6.93. The quantitative estimate of drug-likeness (QED) is 0.767. The standard InChI is InChI=1S/C22H27F3N4O2/c1-13-4-6-15(7-5-13)17-26-18(28-27-17)21(9-10-21)16-8-11-29(12-14(16)2)19(30)20(3,31)22(23,24)25/h4-7,14,16,31H,8-12H2,1-3H3,(H,26,27,28)/t14-,16+,20?/m0/s1. The normalized spacial score (nSPS) is 25.2. The molecular weight excluding hydrogens is 409 g/mol. The van der Waals surface area contributed by atoms with E-state index in [9.17, 15) is 23.1 Å². The summed E-state index contributed by atoms with van der Waals surface area (Å²) in [5, 5.41) is 17.2. The molecule has 1 saturated carbocycles. The molecule has 9 heteroatoms. The molecule has 2 aliphatic rings. The van der Waals surface area contributed by atoms with E-state index >= 15 is 0 Å². The number of likely N-dealkylation sites (tertiary alicyclic amines) is 1. The minimum Gasteiger partial charge on any atom is -0.373 e. The number of aromatic amines is 1. The summed E-state index contributed by atoms with van der Waals surface area (Å²) in [5.74, 6) is 0.296. The van der Waals surface area contributed by atoms with Gasteiger partial charge in [0.1, 0.15) is 5.82 Å². The van der Waals surface area contributed by atoms with Crippen LogP contribution in [0.5, 0.6) is 0 Å². The van der Waals surface area contributed by atoms with Gasteiger partial charge in [0.05, 0.1) is 0 Å². The SMILES string of the molecule is Cc1ccc(-c2n[nH]c(C3([C@@H]4CCN(C(=O)C(C)(O)C(F)(F)F)C[C@@H]4C)CC3)n2)cc1. The van der Waals surface area contributed by atoms with Gasteiger partial charge in [-0.15, -0.1) is 0 Å². The highest BCUT2D eigenvalue weighted by Gasteiger charge is 2.59. The van der Waals surface area contributed by atoms with E-state index in [-0.39, 0.29) is 30.3 Å². The van der Waals surface area contributed by atoms with Crippen molar-refractivity contribution in [1.82, 2.24) is 20.1 Å². The maximum Gasteiger partial charge on any atom is 0.426 e. The molecule has 3 atom stereocenters. The Labute approximate surface area is 178 Å². The molecule has 1 amide bonds. The number of halogens is 3. The van der Waals surface area contributed by atoms with Crippen molar-refractivity contribution in [3.63, 3.8) is 0 Å². The fourth-order valence-corrected chi connectivity index (χ4v) is 4.81. The molecule has 4 rings (SSSR count). The van der Waals surface area contributed by atoms with Crippen LogP contribution in [0, 0.1) is 18.8 Å². The first-order chi connectivity index (χ1) is 14.5.